The van der Waals surface area contributed by atoms with Crippen molar-refractivity contribution in [2.45, 2.75) is 30.9 Å². The van der Waals surface area contributed by atoms with Crippen LogP contribution in [0.4, 0.5) is 13.2 Å². The number of hydrogen-bond acceptors (Lipinski definition) is 2. The molecule has 1 aromatic rings. The van der Waals surface area contributed by atoms with Crippen molar-refractivity contribution in [3.05, 3.63) is 35.4 Å². The number of alkyl halides is 3. The van der Waals surface area contributed by atoms with Gasteiger partial charge < -0.3 is 0 Å². The number of thioether (sulfide) groups is 1. The Morgan fingerprint density at radius 2 is 2.12 bits per heavy atom. The van der Waals surface area contributed by atoms with Crippen molar-refractivity contribution in [2.75, 3.05) is 5.75 Å². The minimum absolute atomic E-state index is 0.0268. The molecule has 2 atom stereocenters. The number of benzene rings is 1. The van der Waals surface area contributed by atoms with Crippen LogP contribution in [0.25, 0.3) is 0 Å². The molecule has 1 N–H and O–H groups in total. The minimum atomic E-state index is -4.26. The molecular weight excluding hydrogens is 247 g/mol. The molecule has 2 rings (SSSR count). The molecule has 1 nitrogen and oxygen atoms in total. The molecule has 1 aliphatic rings. The van der Waals surface area contributed by atoms with Crippen molar-refractivity contribution in [3.8, 4) is 0 Å². The van der Waals surface area contributed by atoms with Crippen LogP contribution >= 0.6 is 11.8 Å². The third-order valence-corrected chi connectivity index (χ3v) is 4.00. The summed E-state index contributed by atoms with van der Waals surface area (Å²) in [5.74, 6) is 0.981. The first-order valence-electron chi connectivity index (χ1n) is 5.51. The summed E-state index contributed by atoms with van der Waals surface area (Å²) >= 11 is 1.66. The van der Waals surface area contributed by atoms with Crippen molar-refractivity contribution in [1.82, 2.24) is 5.32 Å². The summed E-state index contributed by atoms with van der Waals surface area (Å²) < 4.78 is 37.8. The van der Waals surface area contributed by atoms with Gasteiger partial charge in [0.1, 0.15) is 0 Å². The third-order valence-electron chi connectivity index (χ3n) is 2.79. The van der Waals surface area contributed by atoms with Crippen LogP contribution < -0.4 is 5.32 Å². The maximum Gasteiger partial charge on any atom is 0.416 e. The summed E-state index contributed by atoms with van der Waals surface area (Å²) in [4.78, 5) is 0. The van der Waals surface area contributed by atoms with E-state index in [4.69, 9.17) is 0 Å². The number of halogens is 3. The van der Waals surface area contributed by atoms with Gasteiger partial charge in [-0.3, -0.25) is 5.32 Å². The maximum absolute atomic E-state index is 12.6. The van der Waals surface area contributed by atoms with Gasteiger partial charge in [-0.1, -0.05) is 12.1 Å². The standard InChI is InChI=1S/C12H14F3NS/c1-8-5-6-17-11(16-8)9-3-2-4-10(7-9)12(13,14)15/h2-4,7-8,11,16H,5-6H2,1H3. The summed E-state index contributed by atoms with van der Waals surface area (Å²) in [5, 5.41) is 3.28. The second-order valence-corrected chi connectivity index (χ2v) is 5.44. The first-order valence-corrected chi connectivity index (χ1v) is 6.56. The molecule has 1 aromatic carbocycles. The Morgan fingerprint density at radius 1 is 1.35 bits per heavy atom. The van der Waals surface area contributed by atoms with Gasteiger partial charge in [-0.2, -0.15) is 13.2 Å². The van der Waals surface area contributed by atoms with E-state index >= 15 is 0 Å². The lowest BCUT2D eigenvalue weighted by molar-refractivity contribution is -0.137. The lowest BCUT2D eigenvalue weighted by Gasteiger charge is -2.29. The number of nitrogens with one attached hydrogen (secondary N) is 1. The molecule has 94 valence electrons. The Morgan fingerprint density at radius 3 is 2.76 bits per heavy atom. The monoisotopic (exact) mass is 261 g/mol. The van der Waals surface area contributed by atoms with E-state index in [2.05, 4.69) is 12.2 Å². The minimum Gasteiger partial charge on any atom is -0.299 e. The predicted octanol–water partition coefficient (Wildman–Crippen LogP) is 3.82. The molecule has 1 heterocycles. The first kappa shape index (κ1) is 12.8. The van der Waals surface area contributed by atoms with E-state index in [0.29, 0.717) is 11.6 Å². The molecule has 17 heavy (non-hydrogen) atoms. The highest BCUT2D eigenvalue weighted by Gasteiger charge is 2.31. The maximum atomic E-state index is 12.6. The molecule has 0 saturated carbocycles. The van der Waals surface area contributed by atoms with Crippen molar-refractivity contribution in [3.63, 3.8) is 0 Å². The van der Waals surface area contributed by atoms with Crippen molar-refractivity contribution < 1.29 is 13.2 Å². The Hall–Kier alpha value is -0.680. The normalized spacial score (nSPS) is 25.9. The Labute approximate surface area is 103 Å². The Balaban J connectivity index is 2.21. The van der Waals surface area contributed by atoms with E-state index in [1.165, 1.54) is 12.1 Å². The van der Waals surface area contributed by atoms with Gasteiger partial charge in [-0.25, -0.2) is 0 Å². The van der Waals surface area contributed by atoms with E-state index in [-0.39, 0.29) is 5.37 Å². The molecule has 0 radical (unpaired) electrons. The fourth-order valence-electron chi connectivity index (χ4n) is 1.82. The molecule has 0 aliphatic carbocycles. The van der Waals surface area contributed by atoms with Crippen LogP contribution in [0.2, 0.25) is 0 Å². The summed E-state index contributed by atoms with van der Waals surface area (Å²) in [6.45, 7) is 2.06. The molecule has 1 fully saturated rings. The van der Waals surface area contributed by atoms with Crippen LogP contribution in [0.5, 0.6) is 0 Å². The summed E-state index contributed by atoms with van der Waals surface area (Å²) in [6.07, 6.45) is -3.21. The average molecular weight is 261 g/mol. The Bertz CT molecular complexity index is 392. The van der Waals surface area contributed by atoms with Crippen molar-refractivity contribution in [1.29, 1.82) is 0 Å². The van der Waals surface area contributed by atoms with Gasteiger partial charge in [0.15, 0.2) is 0 Å². The molecular formula is C12H14F3NS. The second kappa shape index (κ2) is 4.90. The quantitative estimate of drug-likeness (QED) is 0.824. The van der Waals surface area contributed by atoms with Crippen molar-refractivity contribution >= 4 is 11.8 Å². The van der Waals surface area contributed by atoms with E-state index in [9.17, 15) is 13.2 Å². The first-order chi connectivity index (χ1) is 7.97. The van der Waals surface area contributed by atoms with Crippen molar-refractivity contribution in [2.24, 2.45) is 0 Å². The lowest BCUT2D eigenvalue weighted by atomic mass is 10.1. The molecule has 1 aliphatic heterocycles. The third kappa shape index (κ3) is 3.16. The van der Waals surface area contributed by atoms with Crippen LogP contribution in [-0.2, 0) is 6.18 Å². The van der Waals surface area contributed by atoms with Crippen LogP contribution in [-0.4, -0.2) is 11.8 Å². The van der Waals surface area contributed by atoms with Gasteiger partial charge in [-0.05, 0) is 36.8 Å². The highest BCUT2D eigenvalue weighted by molar-refractivity contribution is 7.99. The molecule has 0 spiro atoms. The van der Waals surface area contributed by atoms with Gasteiger partial charge in [0, 0.05) is 6.04 Å². The fraction of sp³-hybridized carbons (Fsp3) is 0.500. The van der Waals surface area contributed by atoms with Crippen LogP contribution in [0.3, 0.4) is 0 Å². The van der Waals surface area contributed by atoms with E-state index in [0.717, 1.165) is 18.2 Å². The van der Waals surface area contributed by atoms with E-state index < -0.39 is 11.7 Å². The molecule has 0 aromatic heterocycles. The Kier molecular flexibility index (Phi) is 3.68. The highest BCUT2D eigenvalue weighted by Crippen LogP contribution is 2.35. The zero-order valence-corrected chi connectivity index (χ0v) is 10.2. The van der Waals surface area contributed by atoms with E-state index in [1.54, 1.807) is 17.8 Å². The number of hydrogen-bond donors (Lipinski definition) is 1. The van der Waals surface area contributed by atoms with E-state index in [1.807, 2.05) is 0 Å². The summed E-state index contributed by atoms with van der Waals surface area (Å²) in [5.41, 5.74) is 0.131. The van der Waals surface area contributed by atoms with Crippen LogP contribution in [0, 0.1) is 0 Å². The SMILES string of the molecule is CC1CCSC(c2cccc(C(F)(F)F)c2)N1. The fourth-order valence-corrected chi connectivity index (χ4v) is 3.22. The number of rotatable bonds is 1. The average Bonchev–Trinajstić information content (AvgIpc) is 2.28. The molecule has 2 unspecified atom stereocenters. The van der Waals surface area contributed by atoms with Gasteiger partial charge in [-0.15, -0.1) is 11.8 Å². The molecule has 0 amide bonds. The smallest absolute Gasteiger partial charge is 0.299 e. The van der Waals surface area contributed by atoms with Crippen LogP contribution in [0.1, 0.15) is 29.8 Å². The topological polar surface area (TPSA) is 12.0 Å². The van der Waals surface area contributed by atoms with Gasteiger partial charge in [0.2, 0.25) is 0 Å². The molecule has 5 heteroatoms. The predicted molar refractivity (Wildman–Crippen MR) is 63.9 cm³/mol. The summed E-state index contributed by atoms with van der Waals surface area (Å²) in [7, 11) is 0. The zero-order chi connectivity index (χ0) is 12.5. The molecule has 1 saturated heterocycles. The largest absolute Gasteiger partial charge is 0.416 e. The van der Waals surface area contributed by atoms with Gasteiger partial charge in [0.05, 0.1) is 10.9 Å². The highest BCUT2D eigenvalue weighted by atomic mass is 32.2. The van der Waals surface area contributed by atoms with Gasteiger partial charge >= 0.3 is 6.18 Å². The second-order valence-electron chi connectivity index (χ2n) is 4.23. The van der Waals surface area contributed by atoms with Crippen LogP contribution in [0.15, 0.2) is 24.3 Å². The molecule has 0 bridgehead atoms. The summed E-state index contributed by atoms with van der Waals surface area (Å²) in [6, 6.07) is 5.93. The van der Waals surface area contributed by atoms with Gasteiger partial charge in [0.25, 0.3) is 0 Å². The lowest BCUT2D eigenvalue weighted by Crippen LogP contribution is -2.33. The zero-order valence-electron chi connectivity index (χ0n) is 9.42.